The predicted molar refractivity (Wildman–Crippen MR) is 134 cm³/mol. The van der Waals surface area contributed by atoms with E-state index in [1.54, 1.807) is 12.3 Å². The van der Waals surface area contributed by atoms with Gasteiger partial charge in [0.25, 0.3) is 0 Å². The molecule has 36 heavy (non-hydrogen) atoms. The van der Waals surface area contributed by atoms with Gasteiger partial charge >= 0.3 is 0 Å². The molecule has 3 aliphatic heterocycles. The lowest BCUT2D eigenvalue weighted by atomic mass is 10.1. The molecule has 2 saturated heterocycles. The van der Waals surface area contributed by atoms with E-state index >= 15 is 0 Å². The molecule has 0 saturated carbocycles. The number of aryl methyl sites for hydroxylation is 1. The van der Waals surface area contributed by atoms with Gasteiger partial charge in [0.1, 0.15) is 17.7 Å². The van der Waals surface area contributed by atoms with Crippen LogP contribution in [0.2, 0.25) is 0 Å². The van der Waals surface area contributed by atoms with Crippen molar-refractivity contribution in [2.24, 2.45) is 4.99 Å². The molecule has 0 unspecified atom stereocenters. The molecule has 0 amide bonds. The molecule has 0 aliphatic carbocycles. The van der Waals surface area contributed by atoms with Crippen molar-refractivity contribution in [2.45, 2.75) is 32.9 Å². The molecule has 2 fully saturated rings. The topological polar surface area (TPSA) is 85.1 Å². The molecular weight excluding hydrogens is 487 g/mol. The summed E-state index contributed by atoms with van der Waals surface area (Å²) >= 11 is 6.21. The van der Waals surface area contributed by atoms with Gasteiger partial charge in [-0.15, -0.1) is 0 Å². The van der Waals surface area contributed by atoms with Gasteiger partial charge < -0.3 is 14.4 Å². The van der Waals surface area contributed by atoms with Crippen molar-refractivity contribution in [3.63, 3.8) is 0 Å². The Bertz CT molecular complexity index is 1210. The fraction of sp³-hybridized carbons (Fsp3) is 0.520. The normalized spacial score (nSPS) is 21.1. The van der Waals surface area contributed by atoms with Crippen LogP contribution in [0.25, 0.3) is 11.1 Å². The number of aliphatic imine (C=N–C) groups is 1. The maximum Gasteiger partial charge on any atom is 0.216 e. The zero-order valence-corrected chi connectivity index (χ0v) is 21.3. The Balaban J connectivity index is 1.29. The fourth-order valence-corrected chi connectivity index (χ4v) is 5.22. The summed E-state index contributed by atoms with van der Waals surface area (Å²) in [5, 5.41) is 4.92. The van der Waals surface area contributed by atoms with E-state index in [9.17, 15) is 9.18 Å². The third kappa shape index (κ3) is 5.30. The van der Waals surface area contributed by atoms with E-state index in [0.717, 1.165) is 56.3 Å². The largest absolute Gasteiger partial charge is 0.472 e. The zero-order chi connectivity index (χ0) is 25.2. The third-order valence-corrected chi connectivity index (χ3v) is 7.27. The van der Waals surface area contributed by atoms with E-state index in [1.165, 1.54) is 6.07 Å². The molecule has 3 aliphatic rings. The van der Waals surface area contributed by atoms with Gasteiger partial charge in [0.2, 0.25) is 11.8 Å². The Morgan fingerprint density at radius 2 is 2.00 bits per heavy atom. The second-order valence-corrected chi connectivity index (χ2v) is 9.68. The molecule has 0 aromatic carbocycles. The monoisotopic (exact) mass is 516 g/mol. The number of ketones is 1. The minimum absolute atomic E-state index is 0.0781. The number of carbonyl (C=O) groups is 1. The van der Waals surface area contributed by atoms with E-state index in [2.05, 4.69) is 14.9 Å². The van der Waals surface area contributed by atoms with Gasteiger partial charge in [-0.2, -0.15) is 14.5 Å². The number of pyridine rings is 1. The molecule has 0 radical (unpaired) electrons. The second-order valence-electron chi connectivity index (χ2n) is 9.31. The Kier molecular flexibility index (Phi) is 7.36. The summed E-state index contributed by atoms with van der Waals surface area (Å²) in [6.07, 6.45) is 2.11. The number of hydrogen-bond donors (Lipinski definition) is 0. The first-order valence-electron chi connectivity index (χ1n) is 12.3. The van der Waals surface area contributed by atoms with Crippen LogP contribution in [0.15, 0.2) is 27.9 Å². The highest BCUT2D eigenvalue weighted by atomic mass is 35.5. The van der Waals surface area contributed by atoms with Crippen LogP contribution in [-0.4, -0.2) is 95.1 Å². The summed E-state index contributed by atoms with van der Waals surface area (Å²) in [6.45, 7) is 10.2. The summed E-state index contributed by atoms with van der Waals surface area (Å²) in [5.41, 5.74) is 4.01. The molecule has 0 bridgehead atoms. The smallest absolute Gasteiger partial charge is 0.216 e. The van der Waals surface area contributed by atoms with Gasteiger partial charge in [0.15, 0.2) is 5.78 Å². The van der Waals surface area contributed by atoms with Gasteiger partial charge in [0, 0.05) is 62.2 Å². The molecule has 2 aromatic rings. The number of morpholine rings is 1. The fourth-order valence-electron chi connectivity index (χ4n) is 4.99. The molecule has 5 rings (SSSR count). The van der Waals surface area contributed by atoms with Crippen LogP contribution in [-0.2, 0) is 16.1 Å². The van der Waals surface area contributed by atoms with Crippen LogP contribution >= 0.6 is 11.6 Å². The number of halogens is 2. The maximum absolute atomic E-state index is 14.6. The van der Waals surface area contributed by atoms with E-state index in [1.807, 2.05) is 23.4 Å². The quantitative estimate of drug-likeness (QED) is 0.523. The van der Waals surface area contributed by atoms with Crippen LogP contribution in [0.4, 0.5) is 4.39 Å². The van der Waals surface area contributed by atoms with E-state index in [4.69, 9.17) is 26.2 Å². The Hall–Kier alpha value is -2.82. The number of dihydropyridines is 1. The average Bonchev–Trinajstić information content (AvgIpc) is 3.43. The molecule has 1 atom stereocenters. The van der Waals surface area contributed by atoms with Gasteiger partial charge in [-0.1, -0.05) is 11.6 Å². The predicted octanol–water partition coefficient (Wildman–Crippen LogP) is 2.59. The number of ether oxygens (including phenoxy) is 2. The van der Waals surface area contributed by atoms with Crippen molar-refractivity contribution >= 4 is 23.6 Å². The highest BCUT2D eigenvalue weighted by Crippen LogP contribution is 2.31. The highest BCUT2D eigenvalue weighted by molar-refractivity contribution is 6.44. The number of Topliss-reactive ketones (excluding diaryl/α,β-unsaturated/α-hetero) is 1. The Morgan fingerprint density at radius 1 is 1.19 bits per heavy atom. The van der Waals surface area contributed by atoms with Crippen LogP contribution < -0.4 is 4.74 Å². The van der Waals surface area contributed by atoms with E-state index in [0.29, 0.717) is 30.8 Å². The van der Waals surface area contributed by atoms with Gasteiger partial charge in [0.05, 0.1) is 37.7 Å². The molecule has 192 valence electrons. The minimum Gasteiger partial charge on any atom is -0.472 e. The summed E-state index contributed by atoms with van der Waals surface area (Å²) in [6, 6.07) is 3.19. The molecule has 2 aromatic heterocycles. The number of nitrogens with zero attached hydrogens (tertiary/aromatic N) is 6. The number of rotatable bonds is 7. The first-order valence-corrected chi connectivity index (χ1v) is 12.6. The van der Waals surface area contributed by atoms with Crippen molar-refractivity contribution in [3.8, 4) is 17.0 Å². The Labute approximate surface area is 214 Å². The summed E-state index contributed by atoms with van der Waals surface area (Å²) in [5.74, 6) is -0.565. The van der Waals surface area contributed by atoms with Crippen LogP contribution in [0.1, 0.15) is 17.8 Å². The SMILES string of the molecule is Cc1nn(CCN2CCOCC2)c(C)c1-c1cc(F)nc(O[C@@H]2CCN(C3=C(Cl)C(=O)CN=C3)C2)c1. The molecule has 0 N–H and O–H groups in total. The van der Waals surface area contributed by atoms with Crippen molar-refractivity contribution < 1.29 is 18.7 Å². The molecular formula is C25H30ClFN6O3. The van der Waals surface area contributed by atoms with Gasteiger partial charge in [-0.05, 0) is 19.4 Å². The standard InChI is InChI=1S/C25H30ClFN6O3/c1-16-24(17(2)33(30-16)6-5-31-7-9-35-10-8-31)18-11-22(27)29-23(12-18)36-19-3-4-32(15-19)20-13-28-14-21(34)25(20)26/h11-13,19H,3-10,14-15H2,1-2H3/t19-/m1/s1. The summed E-state index contributed by atoms with van der Waals surface area (Å²) < 4.78 is 28.1. The molecule has 0 spiro atoms. The lowest BCUT2D eigenvalue weighted by Gasteiger charge is -2.26. The maximum atomic E-state index is 14.6. The first kappa shape index (κ1) is 24.9. The Morgan fingerprint density at radius 3 is 2.81 bits per heavy atom. The summed E-state index contributed by atoms with van der Waals surface area (Å²) in [7, 11) is 0. The highest BCUT2D eigenvalue weighted by Gasteiger charge is 2.29. The lowest BCUT2D eigenvalue weighted by Crippen LogP contribution is -2.38. The molecule has 5 heterocycles. The van der Waals surface area contributed by atoms with Crippen molar-refractivity contribution in [3.05, 3.63) is 40.2 Å². The number of hydrogen-bond acceptors (Lipinski definition) is 8. The van der Waals surface area contributed by atoms with Crippen molar-refractivity contribution in [2.75, 3.05) is 52.5 Å². The number of allylic oxidation sites excluding steroid dienone is 1. The van der Waals surface area contributed by atoms with Crippen LogP contribution in [0.3, 0.4) is 0 Å². The summed E-state index contributed by atoms with van der Waals surface area (Å²) in [4.78, 5) is 24.3. The number of carbonyl (C=O) groups excluding carboxylic acids is 1. The third-order valence-electron chi connectivity index (χ3n) is 6.86. The minimum atomic E-state index is -0.604. The van der Waals surface area contributed by atoms with Crippen LogP contribution in [0.5, 0.6) is 5.88 Å². The second kappa shape index (κ2) is 10.7. The van der Waals surface area contributed by atoms with Gasteiger partial charge in [-0.25, -0.2) is 0 Å². The molecule has 11 heteroatoms. The van der Waals surface area contributed by atoms with Crippen molar-refractivity contribution in [1.29, 1.82) is 0 Å². The first-order chi connectivity index (χ1) is 17.4. The van der Waals surface area contributed by atoms with Crippen LogP contribution in [0, 0.1) is 19.8 Å². The lowest BCUT2D eigenvalue weighted by molar-refractivity contribution is -0.113. The number of likely N-dealkylation sites (tertiary alicyclic amines) is 1. The van der Waals surface area contributed by atoms with Gasteiger partial charge in [-0.3, -0.25) is 19.4 Å². The number of aromatic nitrogens is 3. The van der Waals surface area contributed by atoms with E-state index < -0.39 is 5.95 Å². The zero-order valence-electron chi connectivity index (χ0n) is 20.5. The van der Waals surface area contributed by atoms with Crippen molar-refractivity contribution in [1.82, 2.24) is 24.6 Å². The van der Waals surface area contributed by atoms with E-state index in [-0.39, 0.29) is 29.3 Å². The molecule has 9 nitrogen and oxygen atoms in total. The average molecular weight is 517 g/mol.